The average Bonchev–Trinajstić information content (AvgIpc) is 2.73. The number of aliphatic imine (C=N–C) groups is 1. The summed E-state index contributed by atoms with van der Waals surface area (Å²) in [6.45, 7) is 12.3. The Morgan fingerprint density at radius 3 is 2.00 bits per heavy atom. The molecule has 0 atom stereocenters. The van der Waals surface area contributed by atoms with Crippen molar-refractivity contribution in [3.63, 3.8) is 0 Å². The van der Waals surface area contributed by atoms with Gasteiger partial charge in [-0.05, 0) is 40.2 Å². The minimum atomic E-state index is 0.356. The number of hydrogen-bond acceptors (Lipinski definition) is 1. The van der Waals surface area contributed by atoms with Crippen LogP contribution in [0.2, 0.25) is 0 Å². The zero-order valence-electron chi connectivity index (χ0n) is 17.6. The maximum absolute atomic E-state index is 6.51. The van der Waals surface area contributed by atoms with Crippen LogP contribution in [0.3, 0.4) is 0 Å². The number of carbonyl (C=O) groups excluding carboxylic acids is 1. The maximum Gasteiger partial charge on any atom is 0.352 e. The van der Waals surface area contributed by atoms with Crippen LogP contribution in [0, 0.1) is 0 Å². The van der Waals surface area contributed by atoms with Crippen LogP contribution in [0.4, 0.5) is 5.69 Å². The number of para-hydroxylation sites is 1. The smallest absolute Gasteiger partial charge is 0.352 e. The summed E-state index contributed by atoms with van der Waals surface area (Å²) in [4.78, 5) is 4.90. The fourth-order valence-electron chi connectivity index (χ4n) is 3.45. The molecule has 3 heteroatoms. The van der Waals surface area contributed by atoms with Gasteiger partial charge in [0, 0.05) is 5.56 Å². The zero-order valence-corrected chi connectivity index (χ0v) is 17.6. The molecule has 0 heterocycles. The number of rotatable bonds is 6. The molecule has 0 saturated heterocycles. The van der Waals surface area contributed by atoms with Crippen molar-refractivity contribution in [3.05, 3.63) is 83.4 Å². The van der Waals surface area contributed by atoms with Crippen molar-refractivity contribution in [2.24, 2.45) is 10.7 Å². The van der Waals surface area contributed by atoms with E-state index < -0.39 is 0 Å². The Balaban J connectivity index is 2.15. The molecule has 0 saturated carbocycles. The van der Waals surface area contributed by atoms with E-state index in [2.05, 4.69) is 64.8 Å². The second-order valence-electron chi connectivity index (χ2n) is 7.85. The Morgan fingerprint density at radius 2 is 1.45 bits per heavy atom. The molecule has 3 aromatic rings. The monoisotopic (exact) mass is 385 g/mol. The van der Waals surface area contributed by atoms with Gasteiger partial charge in [-0.15, -0.1) is 0 Å². The van der Waals surface area contributed by atoms with Crippen LogP contribution in [0.1, 0.15) is 56.2 Å². The second kappa shape index (κ2) is 8.87. The fourth-order valence-corrected chi connectivity index (χ4v) is 3.45. The van der Waals surface area contributed by atoms with Crippen LogP contribution in [0.5, 0.6) is 5.75 Å². The van der Waals surface area contributed by atoms with E-state index in [1.54, 1.807) is 0 Å². The van der Waals surface area contributed by atoms with Crippen LogP contribution < -0.4 is 5.73 Å². The lowest BCUT2D eigenvalue weighted by Crippen LogP contribution is -2.13. The third kappa shape index (κ3) is 4.62. The number of amidine groups is 1. The molecule has 0 fully saturated rings. The normalized spacial score (nSPS) is 11.9. The van der Waals surface area contributed by atoms with Gasteiger partial charge in [0.2, 0.25) is 0 Å². The molecule has 0 aliphatic rings. The molecular weight excluding hydrogens is 356 g/mol. The number of nitrogens with zero attached hydrogens (tertiary/aromatic N) is 1. The number of nitrogens with two attached hydrogens (primary N) is 1. The summed E-state index contributed by atoms with van der Waals surface area (Å²) in [5, 5.41) is 0. The first kappa shape index (κ1) is 20.5. The lowest BCUT2D eigenvalue weighted by atomic mass is 9.93. The van der Waals surface area contributed by atoms with Gasteiger partial charge in [-0.25, -0.2) is 9.42 Å². The van der Waals surface area contributed by atoms with E-state index in [9.17, 15) is 0 Å². The van der Waals surface area contributed by atoms with Crippen molar-refractivity contribution in [2.45, 2.75) is 39.5 Å². The lowest BCUT2D eigenvalue weighted by Gasteiger charge is -2.17. The molecule has 0 aliphatic heterocycles. The van der Waals surface area contributed by atoms with Crippen LogP contribution >= 0.6 is 0 Å². The molecule has 0 aliphatic carbocycles. The summed E-state index contributed by atoms with van der Waals surface area (Å²) in [7, 11) is 0. The third-order valence-electron chi connectivity index (χ3n) is 5.05. The van der Waals surface area contributed by atoms with Crippen LogP contribution in [0.25, 0.3) is 11.1 Å². The standard InChI is InChI=1S/C26H29N2O/c1-17(2)23-12-9-13-24(18(3)4)25(23)28-26(27)21-14-20(15-22(16-21)29-5)19-10-7-6-8-11-19/h6-18H,5H2,1-4H3,(H2,27,28)/q+1. The van der Waals surface area contributed by atoms with E-state index in [1.807, 2.05) is 36.4 Å². The Kier molecular flexibility index (Phi) is 6.28. The van der Waals surface area contributed by atoms with Gasteiger partial charge in [-0.3, -0.25) is 0 Å². The van der Waals surface area contributed by atoms with Gasteiger partial charge in [0.25, 0.3) is 6.79 Å². The topological polar surface area (TPSA) is 49.7 Å². The van der Waals surface area contributed by atoms with E-state index in [-0.39, 0.29) is 0 Å². The molecule has 3 aromatic carbocycles. The molecule has 3 nitrogen and oxygen atoms in total. The minimum absolute atomic E-state index is 0.356. The first-order valence-electron chi connectivity index (χ1n) is 10.0. The van der Waals surface area contributed by atoms with Gasteiger partial charge in [-0.1, -0.05) is 76.2 Å². The fraction of sp³-hybridized carbons (Fsp3) is 0.231. The van der Waals surface area contributed by atoms with E-state index in [1.165, 1.54) is 11.1 Å². The molecule has 29 heavy (non-hydrogen) atoms. The molecule has 0 spiro atoms. The molecule has 0 aromatic heterocycles. The number of hydrogen-bond donors (Lipinski definition) is 1. The highest BCUT2D eigenvalue weighted by molar-refractivity contribution is 6.00. The van der Waals surface area contributed by atoms with Gasteiger partial charge in [-0.2, -0.15) is 0 Å². The molecule has 0 bridgehead atoms. The van der Waals surface area contributed by atoms with Crippen molar-refractivity contribution >= 4 is 18.3 Å². The highest BCUT2D eigenvalue weighted by Gasteiger charge is 2.16. The molecule has 2 N–H and O–H groups in total. The quantitative estimate of drug-likeness (QED) is 0.286. The largest absolute Gasteiger partial charge is 0.383 e. The summed E-state index contributed by atoms with van der Waals surface area (Å²) < 4.78 is 5.28. The summed E-state index contributed by atoms with van der Waals surface area (Å²) in [6.07, 6.45) is 0. The minimum Gasteiger partial charge on any atom is -0.383 e. The van der Waals surface area contributed by atoms with E-state index in [0.29, 0.717) is 23.4 Å². The third-order valence-corrected chi connectivity index (χ3v) is 5.05. The van der Waals surface area contributed by atoms with Gasteiger partial charge >= 0.3 is 5.75 Å². The maximum atomic E-state index is 6.51. The second-order valence-corrected chi connectivity index (χ2v) is 7.85. The van der Waals surface area contributed by atoms with Crippen LogP contribution in [-0.2, 0) is 4.42 Å². The molecule has 0 radical (unpaired) electrons. The van der Waals surface area contributed by atoms with Crippen LogP contribution in [-0.4, -0.2) is 12.6 Å². The van der Waals surface area contributed by atoms with E-state index in [0.717, 1.165) is 22.4 Å². The van der Waals surface area contributed by atoms with Gasteiger partial charge in [0.15, 0.2) is 0 Å². The Labute approximate surface area is 173 Å². The van der Waals surface area contributed by atoms with Gasteiger partial charge in [0.05, 0.1) is 17.8 Å². The average molecular weight is 386 g/mol. The molecule has 0 amide bonds. The lowest BCUT2D eigenvalue weighted by molar-refractivity contribution is -0.354. The van der Waals surface area contributed by atoms with Crippen molar-refractivity contribution in [3.8, 4) is 16.9 Å². The molecule has 148 valence electrons. The van der Waals surface area contributed by atoms with E-state index in [4.69, 9.17) is 15.2 Å². The Hall–Kier alpha value is -3.20. The van der Waals surface area contributed by atoms with Gasteiger partial charge in [0.1, 0.15) is 5.84 Å². The van der Waals surface area contributed by atoms with Crippen molar-refractivity contribution in [1.82, 2.24) is 0 Å². The molecule has 0 unspecified atom stereocenters. The van der Waals surface area contributed by atoms with Crippen molar-refractivity contribution in [1.29, 1.82) is 0 Å². The SMILES string of the molecule is C=[O+]c1cc(C(N)=Nc2c(C(C)C)cccc2C(C)C)cc(-c2ccccc2)c1. The van der Waals surface area contributed by atoms with Crippen molar-refractivity contribution in [2.75, 3.05) is 0 Å². The van der Waals surface area contributed by atoms with Crippen molar-refractivity contribution < 1.29 is 4.42 Å². The highest BCUT2D eigenvalue weighted by atomic mass is 16.4. The first-order valence-corrected chi connectivity index (χ1v) is 10.0. The molecular formula is C26H29N2O+. The molecule has 3 rings (SSSR count). The predicted octanol–water partition coefficient (Wildman–Crippen LogP) is 6.72. The Bertz CT molecular complexity index is 1010. The summed E-state index contributed by atoms with van der Waals surface area (Å²) in [5.41, 5.74) is 12.8. The Morgan fingerprint density at radius 1 is 0.828 bits per heavy atom. The van der Waals surface area contributed by atoms with Gasteiger partial charge < -0.3 is 5.73 Å². The summed E-state index contributed by atoms with van der Waals surface area (Å²) in [6, 6.07) is 22.4. The predicted molar refractivity (Wildman–Crippen MR) is 123 cm³/mol. The zero-order chi connectivity index (χ0) is 21.0. The van der Waals surface area contributed by atoms with Crippen LogP contribution in [0.15, 0.2) is 71.7 Å². The number of benzene rings is 3. The summed E-state index contributed by atoms with van der Waals surface area (Å²) in [5.74, 6) is 1.83. The first-order chi connectivity index (χ1) is 13.9. The highest BCUT2D eigenvalue weighted by Crippen LogP contribution is 2.35. The summed E-state index contributed by atoms with van der Waals surface area (Å²) >= 11 is 0. The van der Waals surface area contributed by atoms with E-state index >= 15 is 0 Å².